The van der Waals surface area contributed by atoms with Gasteiger partial charge >= 0.3 is 0 Å². The molecule has 1 aromatic carbocycles. The summed E-state index contributed by atoms with van der Waals surface area (Å²) in [7, 11) is 0. The van der Waals surface area contributed by atoms with Gasteiger partial charge in [0.15, 0.2) is 0 Å². The monoisotopic (exact) mass is 249 g/mol. The van der Waals surface area contributed by atoms with Gasteiger partial charge in [-0.25, -0.2) is 4.39 Å². The van der Waals surface area contributed by atoms with Crippen molar-refractivity contribution in [2.24, 2.45) is 11.3 Å². The zero-order chi connectivity index (χ0) is 13.2. The highest BCUT2D eigenvalue weighted by Gasteiger charge is 2.29. The summed E-state index contributed by atoms with van der Waals surface area (Å²) in [5.41, 5.74) is 1.47. The van der Waals surface area contributed by atoms with Crippen molar-refractivity contribution in [3.8, 4) is 0 Å². The Balaban J connectivity index is 1.85. The first kappa shape index (κ1) is 13.4. The van der Waals surface area contributed by atoms with Crippen LogP contribution in [0.2, 0.25) is 0 Å². The normalized spacial score (nSPS) is 24.9. The molecule has 1 aliphatic carbocycles. The predicted molar refractivity (Wildman–Crippen MR) is 75.2 cm³/mol. The highest BCUT2D eigenvalue weighted by Crippen LogP contribution is 2.38. The standard InChI is InChI=1S/C16H24FN/c1-16(2,3)12-4-8-14(9-5-12)18-15-10-6-13(17)7-11-15/h6-7,10-12,14,18H,4-5,8-9H2,1-3H3. The largest absolute Gasteiger partial charge is 0.382 e. The van der Waals surface area contributed by atoms with E-state index in [1.54, 1.807) is 0 Å². The Bertz CT molecular complexity index is 369. The summed E-state index contributed by atoms with van der Waals surface area (Å²) in [5, 5.41) is 3.51. The van der Waals surface area contributed by atoms with Crippen molar-refractivity contribution < 1.29 is 4.39 Å². The fourth-order valence-electron chi connectivity index (χ4n) is 2.89. The second kappa shape index (κ2) is 5.29. The van der Waals surface area contributed by atoms with E-state index >= 15 is 0 Å². The van der Waals surface area contributed by atoms with Gasteiger partial charge in [0.25, 0.3) is 0 Å². The minimum Gasteiger partial charge on any atom is -0.382 e. The number of rotatable bonds is 2. The van der Waals surface area contributed by atoms with Crippen LogP contribution in [0.3, 0.4) is 0 Å². The topological polar surface area (TPSA) is 12.0 Å². The van der Waals surface area contributed by atoms with E-state index in [-0.39, 0.29) is 5.82 Å². The van der Waals surface area contributed by atoms with Gasteiger partial charge in [0.05, 0.1) is 0 Å². The summed E-state index contributed by atoms with van der Waals surface area (Å²) in [6.45, 7) is 7.02. The van der Waals surface area contributed by atoms with Crippen molar-refractivity contribution in [2.75, 3.05) is 5.32 Å². The number of hydrogen-bond donors (Lipinski definition) is 1. The minimum absolute atomic E-state index is 0.169. The second-order valence-electron chi connectivity index (χ2n) is 6.57. The van der Waals surface area contributed by atoms with Crippen LogP contribution in [0.4, 0.5) is 10.1 Å². The van der Waals surface area contributed by atoms with Crippen LogP contribution in [0.15, 0.2) is 24.3 Å². The Morgan fingerprint density at radius 2 is 1.56 bits per heavy atom. The highest BCUT2D eigenvalue weighted by molar-refractivity contribution is 5.43. The van der Waals surface area contributed by atoms with E-state index in [9.17, 15) is 4.39 Å². The third kappa shape index (κ3) is 3.47. The maximum absolute atomic E-state index is 12.8. The Morgan fingerprint density at radius 1 is 1.00 bits per heavy atom. The first-order valence-electron chi connectivity index (χ1n) is 6.97. The van der Waals surface area contributed by atoms with E-state index in [0.717, 1.165) is 11.6 Å². The molecular formula is C16H24FN. The molecule has 2 rings (SSSR count). The molecule has 2 heteroatoms. The molecule has 1 fully saturated rings. The summed E-state index contributed by atoms with van der Waals surface area (Å²) >= 11 is 0. The van der Waals surface area contributed by atoms with Crippen LogP contribution in [0.25, 0.3) is 0 Å². The van der Waals surface area contributed by atoms with E-state index in [2.05, 4.69) is 26.1 Å². The number of hydrogen-bond acceptors (Lipinski definition) is 1. The summed E-state index contributed by atoms with van der Waals surface area (Å²) < 4.78 is 12.8. The molecule has 0 spiro atoms. The minimum atomic E-state index is -0.169. The van der Waals surface area contributed by atoms with Gasteiger partial charge in [0, 0.05) is 11.7 Å². The Labute approximate surface area is 110 Å². The maximum Gasteiger partial charge on any atom is 0.123 e. The van der Waals surface area contributed by atoms with Gasteiger partial charge in [-0.1, -0.05) is 20.8 Å². The van der Waals surface area contributed by atoms with Crippen LogP contribution in [-0.2, 0) is 0 Å². The smallest absolute Gasteiger partial charge is 0.123 e. The van der Waals surface area contributed by atoms with Crippen LogP contribution in [0.1, 0.15) is 46.5 Å². The van der Waals surface area contributed by atoms with Gasteiger partial charge in [0.1, 0.15) is 5.82 Å². The van der Waals surface area contributed by atoms with Crippen LogP contribution >= 0.6 is 0 Å². The van der Waals surface area contributed by atoms with E-state index in [4.69, 9.17) is 0 Å². The van der Waals surface area contributed by atoms with Crippen molar-refractivity contribution in [3.05, 3.63) is 30.1 Å². The fourth-order valence-corrected chi connectivity index (χ4v) is 2.89. The second-order valence-corrected chi connectivity index (χ2v) is 6.57. The molecular weight excluding hydrogens is 225 g/mol. The molecule has 0 saturated heterocycles. The first-order valence-corrected chi connectivity index (χ1v) is 6.97. The molecule has 0 bridgehead atoms. The van der Waals surface area contributed by atoms with Crippen molar-refractivity contribution >= 4 is 5.69 Å². The zero-order valence-corrected chi connectivity index (χ0v) is 11.7. The van der Waals surface area contributed by atoms with Gasteiger partial charge in [0.2, 0.25) is 0 Å². The van der Waals surface area contributed by atoms with Crippen LogP contribution in [-0.4, -0.2) is 6.04 Å². The molecule has 0 amide bonds. The average molecular weight is 249 g/mol. The quantitative estimate of drug-likeness (QED) is 0.790. The number of halogens is 1. The van der Waals surface area contributed by atoms with E-state index in [1.807, 2.05) is 12.1 Å². The van der Waals surface area contributed by atoms with Gasteiger partial charge in [-0.05, 0) is 61.3 Å². The number of nitrogens with one attached hydrogen (secondary N) is 1. The van der Waals surface area contributed by atoms with Crippen molar-refractivity contribution in [3.63, 3.8) is 0 Å². The molecule has 1 aromatic rings. The molecule has 0 radical (unpaired) electrons. The van der Waals surface area contributed by atoms with Gasteiger partial charge in [-0.15, -0.1) is 0 Å². The lowest BCUT2D eigenvalue weighted by Gasteiger charge is -2.37. The number of anilines is 1. The lowest BCUT2D eigenvalue weighted by Crippen LogP contribution is -2.31. The lowest BCUT2D eigenvalue weighted by atomic mass is 9.71. The van der Waals surface area contributed by atoms with Gasteiger partial charge in [-0.3, -0.25) is 0 Å². The van der Waals surface area contributed by atoms with Crippen molar-refractivity contribution in [1.29, 1.82) is 0 Å². The maximum atomic E-state index is 12.8. The summed E-state index contributed by atoms with van der Waals surface area (Å²) in [6.07, 6.45) is 5.03. The zero-order valence-electron chi connectivity index (χ0n) is 11.7. The third-order valence-electron chi connectivity index (χ3n) is 4.17. The summed E-state index contributed by atoms with van der Waals surface area (Å²) in [6, 6.07) is 7.23. The molecule has 0 heterocycles. The Kier molecular flexibility index (Phi) is 3.94. The summed E-state index contributed by atoms with van der Waals surface area (Å²) in [5.74, 6) is 0.667. The van der Waals surface area contributed by atoms with E-state index in [1.165, 1.54) is 37.8 Å². The van der Waals surface area contributed by atoms with Crippen LogP contribution in [0, 0.1) is 17.2 Å². The average Bonchev–Trinajstić information content (AvgIpc) is 2.32. The third-order valence-corrected chi connectivity index (χ3v) is 4.17. The number of benzene rings is 1. The molecule has 0 atom stereocenters. The molecule has 100 valence electrons. The van der Waals surface area contributed by atoms with E-state index in [0.29, 0.717) is 11.5 Å². The van der Waals surface area contributed by atoms with E-state index < -0.39 is 0 Å². The molecule has 0 aromatic heterocycles. The molecule has 18 heavy (non-hydrogen) atoms. The SMILES string of the molecule is CC(C)(C)C1CCC(Nc2ccc(F)cc2)CC1. The van der Waals surface area contributed by atoms with Crippen molar-refractivity contribution in [2.45, 2.75) is 52.5 Å². The van der Waals surface area contributed by atoms with Gasteiger partial charge < -0.3 is 5.32 Å². The molecule has 1 aliphatic rings. The summed E-state index contributed by atoms with van der Waals surface area (Å²) in [4.78, 5) is 0. The lowest BCUT2D eigenvalue weighted by molar-refractivity contribution is 0.173. The predicted octanol–water partition coefficient (Wildman–Crippen LogP) is 4.84. The fraction of sp³-hybridized carbons (Fsp3) is 0.625. The van der Waals surface area contributed by atoms with Crippen LogP contribution < -0.4 is 5.32 Å². The van der Waals surface area contributed by atoms with Gasteiger partial charge in [-0.2, -0.15) is 0 Å². The molecule has 1 N–H and O–H groups in total. The molecule has 1 nitrogen and oxygen atoms in total. The van der Waals surface area contributed by atoms with Crippen LogP contribution in [0.5, 0.6) is 0 Å². The first-order chi connectivity index (χ1) is 8.45. The Hall–Kier alpha value is -1.05. The van der Waals surface area contributed by atoms with Crippen molar-refractivity contribution in [1.82, 2.24) is 0 Å². The molecule has 1 saturated carbocycles. The Morgan fingerprint density at radius 3 is 2.06 bits per heavy atom. The highest BCUT2D eigenvalue weighted by atomic mass is 19.1. The molecule has 0 aliphatic heterocycles. The molecule has 0 unspecified atom stereocenters.